The van der Waals surface area contributed by atoms with Crippen LogP contribution in [0.3, 0.4) is 0 Å². The molecule has 0 fully saturated rings. The van der Waals surface area contributed by atoms with Gasteiger partial charge >= 0.3 is 5.97 Å². The fourth-order valence-electron chi connectivity index (χ4n) is 3.70. The Balaban J connectivity index is 1.75. The predicted octanol–water partition coefficient (Wildman–Crippen LogP) is 2.54. The van der Waals surface area contributed by atoms with Crippen molar-refractivity contribution in [2.75, 3.05) is 7.11 Å². The van der Waals surface area contributed by atoms with E-state index in [2.05, 4.69) is 0 Å². The van der Waals surface area contributed by atoms with E-state index >= 15 is 0 Å². The average Bonchev–Trinajstić information content (AvgIpc) is 2.78. The molecule has 0 aromatic heterocycles. The fourth-order valence-corrected chi connectivity index (χ4v) is 3.70. The van der Waals surface area contributed by atoms with Gasteiger partial charge < -0.3 is 50.0 Å². The average molecular weight is 472 g/mol. The van der Waals surface area contributed by atoms with Crippen LogP contribution in [0.5, 0.6) is 51.7 Å². The highest BCUT2D eigenvalue weighted by Crippen LogP contribution is 2.46. The summed E-state index contributed by atoms with van der Waals surface area (Å²) in [6, 6.07) is 6.65. The van der Waals surface area contributed by atoms with E-state index in [9.17, 15) is 40.5 Å². The fraction of sp³-hybridized carbons (Fsp3) is 0.174. The van der Waals surface area contributed by atoms with Gasteiger partial charge in [-0.25, -0.2) is 4.79 Å². The lowest BCUT2D eigenvalue weighted by atomic mass is 9.93. The second-order valence-electron chi connectivity index (χ2n) is 7.58. The van der Waals surface area contributed by atoms with Crippen LogP contribution in [0.1, 0.15) is 27.6 Å². The Labute approximate surface area is 191 Å². The molecule has 11 nitrogen and oxygen atoms in total. The molecule has 3 aromatic carbocycles. The van der Waals surface area contributed by atoms with E-state index < -0.39 is 46.9 Å². The Morgan fingerprint density at radius 1 is 0.853 bits per heavy atom. The topological polar surface area (TPSA) is 186 Å². The van der Waals surface area contributed by atoms with Crippen LogP contribution in [0, 0.1) is 0 Å². The first kappa shape index (κ1) is 22.5. The highest BCUT2D eigenvalue weighted by atomic mass is 16.6. The number of esters is 1. The second kappa shape index (κ2) is 8.35. The lowest BCUT2D eigenvalue weighted by molar-refractivity contribution is -0.0189. The minimum atomic E-state index is -1.15. The van der Waals surface area contributed by atoms with Crippen molar-refractivity contribution in [3.05, 3.63) is 53.1 Å². The largest absolute Gasteiger partial charge is 0.508 e. The number of aromatic hydroxyl groups is 7. The zero-order valence-electron chi connectivity index (χ0n) is 17.6. The maximum Gasteiger partial charge on any atom is 0.338 e. The number of hydrogen-bond acceptors (Lipinski definition) is 11. The number of fused-ring (bicyclic) bond motifs is 1. The molecule has 1 heterocycles. The number of methoxy groups -OCH3 is 1. The molecule has 4 rings (SSSR count). The maximum absolute atomic E-state index is 12.9. The zero-order valence-corrected chi connectivity index (χ0v) is 17.6. The van der Waals surface area contributed by atoms with Gasteiger partial charge in [0, 0.05) is 29.7 Å². The van der Waals surface area contributed by atoms with Gasteiger partial charge in [0.25, 0.3) is 0 Å². The summed E-state index contributed by atoms with van der Waals surface area (Å²) >= 11 is 0. The van der Waals surface area contributed by atoms with Crippen molar-refractivity contribution in [3.8, 4) is 51.7 Å². The van der Waals surface area contributed by atoms with Crippen molar-refractivity contribution in [1.82, 2.24) is 0 Å². The molecule has 7 N–H and O–H groups in total. The molecule has 178 valence electrons. The molecule has 0 spiro atoms. The number of benzene rings is 3. The summed E-state index contributed by atoms with van der Waals surface area (Å²) in [5.41, 5.74) is 0.179. The standard InChI is InChI=1S/C23H20O11/c1-32-18-5-10(4-16(28)21(18)30)23(31)34-19-8-12-13(25)6-11(24)7-17(12)33-22(19)9-2-14(26)20(29)15(27)3-9/h2-7,19,22,24-30H,8H2,1H3/t19?,22-/m0/s1. The van der Waals surface area contributed by atoms with Crippen molar-refractivity contribution in [1.29, 1.82) is 0 Å². The smallest absolute Gasteiger partial charge is 0.338 e. The number of carbonyl (C=O) groups is 1. The van der Waals surface area contributed by atoms with Crippen molar-refractivity contribution >= 4 is 5.97 Å². The Bertz CT molecular complexity index is 1260. The summed E-state index contributed by atoms with van der Waals surface area (Å²) in [4.78, 5) is 12.9. The third kappa shape index (κ3) is 3.94. The van der Waals surface area contributed by atoms with E-state index in [4.69, 9.17) is 14.2 Å². The van der Waals surface area contributed by atoms with E-state index in [0.29, 0.717) is 0 Å². The molecule has 3 aromatic rings. The van der Waals surface area contributed by atoms with Crippen molar-refractivity contribution < 1.29 is 54.8 Å². The highest BCUT2D eigenvalue weighted by molar-refractivity contribution is 5.91. The highest BCUT2D eigenvalue weighted by Gasteiger charge is 2.37. The first-order valence-corrected chi connectivity index (χ1v) is 9.86. The molecule has 0 saturated heterocycles. The summed E-state index contributed by atoms with van der Waals surface area (Å²) in [6.07, 6.45) is -2.38. The Hall–Kier alpha value is -4.67. The Morgan fingerprint density at radius 2 is 1.50 bits per heavy atom. The van der Waals surface area contributed by atoms with Gasteiger partial charge in [-0.2, -0.15) is 0 Å². The molecule has 0 bridgehead atoms. The molecule has 1 aliphatic heterocycles. The number of ether oxygens (including phenoxy) is 3. The van der Waals surface area contributed by atoms with Crippen LogP contribution in [0.2, 0.25) is 0 Å². The normalized spacial score (nSPS) is 16.9. The molecular weight excluding hydrogens is 452 g/mol. The van der Waals surface area contributed by atoms with E-state index in [1.165, 1.54) is 13.2 Å². The number of phenols is 7. The number of phenolic OH excluding ortho intramolecular Hbond substituents is 7. The summed E-state index contributed by atoms with van der Waals surface area (Å²) in [7, 11) is 1.23. The van der Waals surface area contributed by atoms with E-state index in [-0.39, 0.29) is 46.1 Å². The predicted molar refractivity (Wildman–Crippen MR) is 114 cm³/mol. The van der Waals surface area contributed by atoms with Crippen LogP contribution in [-0.2, 0) is 11.2 Å². The number of rotatable bonds is 4. The van der Waals surface area contributed by atoms with Crippen LogP contribution < -0.4 is 9.47 Å². The van der Waals surface area contributed by atoms with E-state index in [1.807, 2.05) is 0 Å². The van der Waals surface area contributed by atoms with Crippen molar-refractivity contribution in [2.24, 2.45) is 0 Å². The Morgan fingerprint density at radius 3 is 2.15 bits per heavy atom. The zero-order chi connectivity index (χ0) is 24.7. The summed E-state index contributed by atoms with van der Waals surface area (Å²) < 4.78 is 16.4. The van der Waals surface area contributed by atoms with Gasteiger partial charge in [0.05, 0.1) is 12.7 Å². The third-order valence-electron chi connectivity index (χ3n) is 5.36. The van der Waals surface area contributed by atoms with Crippen LogP contribution in [-0.4, -0.2) is 54.9 Å². The van der Waals surface area contributed by atoms with E-state index in [0.717, 1.165) is 30.3 Å². The van der Waals surface area contributed by atoms with Gasteiger partial charge in [-0.1, -0.05) is 0 Å². The van der Waals surface area contributed by atoms with Crippen LogP contribution >= 0.6 is 0 Å². The third-order valence-corrected chi connectivity index (χ3v) is 5.36. The maximum atomic E-state index is 12.9. The molecule has 11 heteroatoms. The lowest BCUT2D eigenvalue weighted by Gasteiger charge is -2.34. The Kier molecular flexibility index (Phi) is 5.53. The molecule has 0 aliphatic carbocycles. The molecule has 1 unspecified atom stereocenters. The molecule has 1 aliphatic rings. The SMILES string of the molecule is COc1cc(C(=O)OC2Cc3c(O)cc(O)cc3O[C@H]2c2cc(O)c(O)c(O)c2)cc(O)c1O. The van der Waals surface area contributed by atoms with Crippen LogP contribution in [0.4, 0.5) is 0 Å². The summed E-state index contributed by atoms with van der Waals surface area (Å²) in [5, 5.41) is 69.3. The van der Waals surface area contributed by atoms with Crippen LogP contribution in [0.25, 0.3) is 0 Å². The quantitative estimate of drug-likeness (QED) is 0.218. The van der Waals surface area contributed by atoms with Gasteiger partial charge in [-0.05, 0) is 24.3 Å². The number of hydrogen-bond donors (Lipinski definition) is 7. The first-order chi connectivity index (χ1) is 16.1. The van der Waals surface area contributed by atoms with Gasteiger partial charge in [0.1, 0.15) is 23.4 Å². The molecule has 0 saturated carbocycles. The first-order valence-electron chi connectivity index (χ1n) is 9.86. The summed E-state index contributed by atoms with van der Waals surface area (Å²) in [5.74, 6) is -4.87. The molecular formula is C23H20O11. The lowest BCUT2D eigenvalue weighted by Crippen LogP contribution is -2.34. The van der Waals surface area contributed by atoms with Gasteiger partial charge in [0.15, 0.2) is 34.9 Å². The van der Waals surface area contributed by atoms with Crippen molar-refractivity contribution in [2.45, 2.75) is 18.6 Å². The second-order valence-corrected chi connectivity index (χ2v) is 7.58. The minimum absolute atomic E-state index is 0.0748. The molecule has 0 radical (unpaired) electrons. The summed E-state index contributed by atoms with van der Waals surface area (Å²) in [6.45, 7) is 0. The van der Waals surface area contributed by atoms with Gasteiger partial charge in [0.2, 0.25) is 5.75 Å². The van der Waals surface area contributed by atoms with Gasteiger partial charge in [-0.3, -0.25) is 0 Å². The van der Waals surface area contributed by atoms with Crippen LogP contribution in [0.15, 0.2) is 36.4 Å². The monoisotopic (exact) mass is 472 g/mol. The van der Waals surface area contributed by atoms with Crippen molar-refractivity contribution in [3.63, 3.8) is 0 Å². The molecule has 2 atom stereocenters. The number of carbonyl (C=O) groups excluding carboxylic acids is 1. The van der Waals surface area contributed by atoms with Gasteiger partial charge in [-0.15, -0.1) is 0 Å². The molecule has 0 amide bonds. The van der Waals surface area contributed by atoms with E-state index in [1.54, 1.807) is 0 Å². The minimum Gasteiger partial charge on any atom is -0.508 e. The molecule has 34 heavy (non-hydrogen) atoms.